The topological polar surface area (TPSA) is 46.9 Å². The summed E-state index contributed by atoms with van der Waals surface area (Å²) in [5.74, 6) is 0. The van der Waals surface area contributed by atoms with Crippen LogP contribution in [0.3, 0.4) is 0 Å². The van der Waals surface area contributed by atoms with E-state index in [9.17, 15) is 10.2 Å². The molecule has 0 saturated carbocycles. The molecule has 6 atom stereocenters. The number of hydrogen-bond donors (Lipinski definition) is 2. The van der Waals surface area contributed by atoms with E-state index in [2.05, 4.69) is 37.5 Å². The normalized spacial score (nSPS) is 25.8. The molecule has 0 radical (unpaired) electrons. The lowest BCUT2D eigenvalue weighted by molar-refractivity contribution is -0.0608. The minimum absolute atomic E-state index is 0.0383. The van der Waals surface area contributed by atoms with E-state index in [1.165, 1.54) is 0 Å². The van der Waals surface area contributed by atoms with Crippen LogP contribution in [0, 0.1) is 0 Å². The summed E-state index contributed by atoms with van der Waals surface area (Å²) in [7, 11) is 0. The van der Waals surface area contributed by atoms with Crippen molar-refractivity contribution in [2.45, 2.75) is 64.1 Å². The first-order valence-electron chi connectivity index (χ1n) is 10.4. The van der Waals surface area contributed by atoms with Gasteiger partial charge in [0.2, 0.25) is 0 Å². The Bertz CT molecular complexity index is 660. The van der Waals surface area contributed by atoms with Crippen LogP contribution in [0.25, 0.3) is 0 Å². The van der Waals surface area contributed by atoms with E-state index in [-0.39, 0.29) is 24.2 Å². The van der Waals surface area contributed by atoms with Crippen molar-refractivity contribution in [3.8, 4) is 0 Å². The van der Waals surface area contributed by atoms with Gasteiger partial charge in [-0.1, -0.05) is 60.7 Å². The number of piperazine rings is 1. The second-order valence-corrected chi connectivity index (χ2v) is 8.15. The van der Waals surface area contributed by atoms with Crippen molar-refractivity contribution < 1.29 is 10.2 Å². The fraction of sp³-hybridized carbons (Fsp3) is 0.500. The molecule has 1 aliphatic rings. The van der Waals surface area contributed by atoms with E-state index >= 15 is 0 Å². The molecule has 1 fully saturated rings. The largest absolute Gasteiger partial charge is 0.387 e. The van der Waals surface area contributed by atoms with E-state index in [1.807, 2.05) is 60.7 Å². The molecule has 1 heterocycles. The van der Waals surface area contributed by atoms with Crippen molar-refractivity contribution >= 4 is 0 Å². The van der Waals surface area contributed by atoms with E-state index in [4.69, 9.17) is 0 Å². The van der Waals surface area contributed by atoms with Gasteiger partial charge in [-0.25, -0.2) is 0 Å². The van der Waals surface area contributed by atoms with Gasteiger partial charge in [-0.2, -0.15) is 0 Å². The molecule has 0 aliphatic carbocycles. The summed E-state index contributed by atoms with van der Waals surface area (Å²) in [6.45, 7) is 10.4. The van der Waals surface area contributed by atoms with Crippen molar-refractivity contribution in [3.63, 3.8) is 0 Å². The number of benzene rings is 2. The molecule has 2 N–H and O–H groups in total. The van der Waals surface area contributed by atoms with Gasteiger partial charge in [-0.05, 0) is 38.8 Å². The van der Waals surface area contributed by atoms with Crippen molar-refractivity contribution in [1.82, 2.24) is 9.80 Å². The summed E-state index contributed by atoms with van der Waals surface area (Å²) in [6, 6.07) is 20.5. The molecule has 0 amide bonds. The average molecular weight is 383 g/mol. The summed E-state index contributed by atoms with van der Waals surface area (Å²) < 4.78 is 0. The summed E-state index contributed by atoms with van der Waals surface area (Å²) in [5, 5.41) is 21.7. The van der Waals surface area contributed by atoms with Gasteiger partial charge < -0.3 is 10.2 Å². The Morgan fingerprint density at radius 2 is 1.00 bits per heavy atom. The predicted molar refractivity (Wildman–Crippen MR) is 114 cm³/mol. The van der Waals surface area contributed by atoms with Crippen LogP contribution in [-0.2, 0) is 0 Å². The Morgan fingerprint density at radius 3 is 1.32 bits per heavy atom. The standard InChI is InChI=1S/C24H34N2O2/c1-17-18(2)26(20(4)24(28)22-13-9-6-10-14-22)16-15-25(17)19(3)23(27)21-11-7-5-8-12-21/h5-14,17-20,23-24,27-28H,15-16H2,1-4H3/t17-,18-,19+,20+,23+,24+/m1/s1. The zero-order chi connectivity index (χ0) is 20.3. The van der Waals surface area contributed by atoms with Crippen LogP contribution >= 0.6 is 0 Å². The highest BCUT2D eigenvalue weighted by atomic mass is 16.3. The molecule has 4 heteroatoms. The van der Waals surface area contributed by atoms with Gasteiger partial charge in [0, 0.05) is 37.3 Å². The molecule has 3 rings (SSSR count). The highest BCUT2D eigenvalue weighted by molar-refractivity contribution is 5.20. The zero-order valence-corrected chi connectivity index (χ0v) is 17.4. The molecule has 1 aliphatic heterocycles. The quantitative estimate of drug-likeness (QED) is 0.801. The third-order valence-corrected chi connectivity index (χ3v) is 6.60. The molecule has 2 aromatic carbocycles. The van der Waals surface area contributed by atoms with E-state index in [0.29, 0.717) is 0 Å². The number of aliphatic hydroxyl groups excluding tert-OH is 2. The van der Waals surface area contributed by atoms with Gasteiger partial charge in [0.15, 0.2) is 0 Å². The maximum Gasteiger partial charge on any atom is 0.0942 e. The Morgan fingerprint density at radius 1 is 0.679 bits per heavy atom. The second-order valence-electron chi connectivity index (χ2n) is 8.15. The van der Waals surface area contributed by atoms with Gasteiger partial charge in [0.25, 0.3) is 0 Å². The third-order valence-electron chi connectivity index (χ3n) is 6.60. The van der Waals surface area contributed by atoms with Crippen molar-refractivity contribution in [2.75, 3.05) is 13.1 Å². The molecular weight excluding hydrogens is 348 g/mol. The van der Waals surface area contributed by atoms with Crippen LogP contribution in [0.5, 0.6) is 0 Å². The van der Waals surface area contributed by atoms with Crippen molar-refractivity contribution in [2.24, 2.45) is 0 Å². The first-order chi connectivity index (χ1) is 13.4. The maximum absolute atomic E-state index is 10.9. The smallest absolute Gasteiger partial charge is 0.0942 e. The lowest BCUT2D eigenvalue weighted by atomic mass is 9.94. The van der Waals surface area contributed by atoms with Gasteiger partial charge in [-0.15, -0.1) is 0 Å². The van der Waals surface area contributed by atoms with Crippen LogP contribution in [0.2, 0.25) is 0 Å². The van der Waals surface area contributed by atoms with Gasteiger partial charge >= 0.3 is 0 Å². The highest BCUT2D eigenvalue weighted by Gasteiger charge is 2.38. The van der Waals surface area contributed by atoms with Gasteiger partial charge in [0.1, 0.15) is 0 Å². The number of hydrogen-bond acceptors (Lipinski definition) is 4. The van der Waals surface area contributed by atoms with E-state index < -0.39 is 12.2 Å². The summed E-state index contributed by atoms with van der Waals surface area (Å²) in [5.41, 5.74) is 1.93. The molecule has 0 unspecified atom stereocenters. The molecule has 0 aromatic heterocycles. The van der Waals surface area contributed by atoms with Crippen LogP contribution in [0.1, 0.15) is 51.0 Å². The Kier molecular flexibility index (Phi) is 6.89. The summed E-state index contributed by atoms with van der Waals surface area (Å²) >= 11 is 0. The van der Waals surface area contributed by atoms with Crippen molar-refractivity contribution in [3.05, 3.63) is 71.8 Å². The minimum Gasteiger partial charge on any atom is -0.387 e. The molecule has 0 bridgehead atoms. The van der Waals surface area contributed by atoms with Crippen LogP contribution in [-0.4, -0.2) is 57.3 Å². The molecule has 4 nitrogen and oxygen atoms in total. The number of aliphatic hydroxyl groups is 2. The average Bonchev–Trinajstić information content (AvgIpc) is 2.75. The Balaban J connectivity index is 1.68. The summed E-state index contributed by atoms with van der Waals surface area (Å²) in [6.07, 6.45) is -1.01. The predicted octanol–water partition coefficient (Wildman–Crippen LogP) is 3.63. The Labute approximate surface area is 169 Å². The van der Waals surface area contributed by atoms with Gasteiger partial charge in [-0.3, -0.25) is 9.80 Å². The molecule has 2 aromatic rings. The van der Waals surface area contributed by atoms with Gasteiger partial charge in [0.05, 0.1) is 12.2 Å². The molecule has 1 saturated heterocycles. The van der Waals surface area contributed by atoms with E-state index in [0.717, 1.165) is 24.2 Å². The van der Waals surface area contributed by atoms with Crippen molar-refractivity contribution in [1.29, 1.82) is 0 Å². The molecule has 28 heavy (non-hydrogen) atoms. The lowest BCUT2D eigenvalue weighted by Crippen LogP contribution is -2.62. The third kappa shape index (κ3) is 4.31. The zero-order valence-electron chi connectivity index (χ0n) is 17.4. The minimum atomic E-state index is -0.505. The Hall–Kier alpha value is -1.72. The molecule has 0 spiro atoms. The first-order valence-corrected chi connectivity index (χ1v) is 10.4. The number of rotatable bonds is 6. The monoisotopic (exact) mass is 382 g/mol. The first kappa shape index (κ1) is 21.0. The van der Waals surface area contributed by atoms with E-state index in [1.54, 1.807) is 0 Å². The molecule has 152 valence electrons. The highest BCUT2D eigenvalue weighted by Crippen LogP contribution is 2.30. The summed E-state index contributed by atoms with van der Waals surface area (Å²) in [4.78, 5) is 4.81. The SMILES string of the molecule is C[C@@H]1[C@@H](C)N([C@@H](C)[C@H](O)c2ccccc2)CCN1[C@@H](C)[C@H](O)c1ccccc1. The second kappa shape index (κ2) is 9.19. The fourth-order valence-corrected chi connectivity index (χ4v) is 4.56. The fourth-order valence-electron chi connectivity index (χ4n) is 4.56. The van der Waals surface area contributed by atoms with Crippen LogP contribution in [0.4, 0.5) is 0 Å². The van der Waals surface area contributed by atoms with Crippen LogP contribution in [0.15, 0.2) is 60.7 Å². The molecular formula is C24H34N2O2. The maximum atomic E-state index is 10.9. The lowest BCUT2D eigenvalue weighted by Gasteiger charge is -2.50. The van der Waals surface area contributed by atoms with Crippen LogP contribution < -0.4 is 0 Å². The number of nitrogens with zero attached hydrogens (tertiary/aromatic N) is 2.